The van der Waals surface area contributed by atoms with E-state index in [2.05, 4.69) is 45.0 Å². The van der Waals surface area contributed by atoms with Crippen LogP contribution in [0.15, 0.2) is 24.3 Å². The lowest BCUT2D eigenvalue weighted by Gasteiger charge is -2.11. The van der Waals surface area contributed by atoms with Crippen molar-refractivity contribution < 1.29 is 0 Å². The molecule has 0 aliphatic carbocycles. The molecule has 0 spiro atoms. The third-order valence-electron chi connectivity index (χ3n) is 4.55. The van der Waals surface area contributed by atoms with Crippen molar-refractivity contribution in [2.45, 2.75) is 97.8 Å². The Bertz CT molecular complexity index is 364. The molecule has 0 radical (unpaired) electrons. The molecule has 0 bridgehead atoms. The molecule has 0 saturated carbocycles. The van der Waals surface area contributed by atoms with Gasteiger partial charge in [-0.05, 0) is 36.3 Å². The average Bonchev–Trinajstić information content (AvgIpc) is 2.50. The van der Waals surface area contributed by atoms with Crippen molar-refractivity contribution in [2.24, 2.45) is 5.92 Å². The van der Waals surface area contributed by atoms with Crippen LogP contribution in [0.5, 0.6) is 0 Å². The zero-order valence-electron chi connectivity index (χ0n) is 15.4. The maximum absolute atomic E-state index is 2.34. The van der Waals surface area contributed by atoms with E-state index in [9.17, 15) is 0 Å². The maximum Gasteiger partial charge on any atom is -0.0253 e. The van der Waals surface area contributed by atoms with E-state index in [4.69, 9.17) is 0 Å². The van der Waals surface area contributed by atoms with Crippen LogP contribution in [0.4, 0.5) is 0 Å². The van der Waals surface area contributed by atoms with Gasteiger partial charge in [-0.15, -0.1) is 0 Å². The summed E-state index contributed by atoms with van der Waals surface area (Å²) in [4.78, 5) is 0. The van der Waals surface area contributed by atoms with Gasteiger partial charge >= 0.3 is 0 Å². The highest BCUT2D eigenvalue weighted by Gasteiger charge is 2.04. The second-order valence-electron chi connectivity index (χ2n) is 7.30. The molecule has 22 heavy (non-hydrogen) atoms. The largest absolute Gasteiger partial charge is 0.0654 e. The van der Waals surface area contributed by atoms with Crippen LogP contribution in [0, 0.1) is 5.92 Å². The van der Waals surface area contributed by atoms with Gasteiger partial charge in [0.1, 0.15) is 0 Å². The number of benzene rings is 1. The number of hydrogen-bond acceptors (Lipinski definition) is 0. The Morgan fingerprint density at radius 2 is 1.18 bits per heavy atom. The Balaban J connectivity index is 2.07. The Hall–Kier alpha value is -0.780. The summed E-state index contributed by atoms with van der Waals surface area (Å²) in [6.07, 6.45) is 16.8. The summed E-state index contributed by atoms with van der Waals surface area (Å²) in [5.74, 6) is 0.758. The molecule has 0 atom stereocenters. The molecule has 0 aromatic heterocycles. The standard InChI is InChI=1S/C22H38/c1-4-5-6-7-8-9-10-11-12-13-16-21-17-14-15-18-22(21)19-20(2)3/h14-15,17-18,20H,4-13,16,19H2,1-3H3. The van der Waals surface area contributed by atoms with E-state index in [1.807, 2.05) is 0 Å². The van der Waals surface area contributed by atoms with Gasteiger partial charge < -0.3 is 0 Å². The van der Waals surface area contributed by atoms with Gasteiger partial charge in [-0.25, -0.2) is 0 Å². The van der Waals surface area contributed by atoms with E-state index >= 15 is 0 Å². The minimum absolute atomic E-state index is 0.758. The highest BCUT2D eigenvalue weighted by molar-refractivity contribution is 5.27. The summed E-state index contributed by atoms with van der Waals surface area (Å²) < 4.78 is 0. The fourth-order valence-electron chi connectivity index (χ4n) is 3.24. The lowest BCUT2D eigenvalue weighted by Crippen LogP contribution is -1.99. The lowest BCUT2D eigenvalue weighted by molar-refractivity contribution is 0.555. The van der Waals surface area contributed by atoms with Gasteiger partial charge in [0.05, 0.1) is 0 Å². The summed E-state index contributed by atoms with van der Waals surface area (Å²) in [6.45, 7) is 6.92. The van der Waals surface area contributed by atoms with Crippen molar-refractivity contribution in [1.82, 2.24) is 0 Å². The van der Waals surface area contributed by atoms with Crippen molar-refractivity contribution in [3.63, 3.8) is 0 Å². The highest BCUT2D eigenvalue weighted by Crippen LogP contribution is 2.17. The molecule has 126 valence electrons. The van der Waals surface area contributed by atoms with Crippen LogP contribution < -0.4 is 0 Å². The Kier molecular flexibility index (Phi) is 11.2. The van der Waals surface area contributed by atoms with Gasteiger partial charge in [0.15, 0.2) is 0 Å². The fraction of sp³-hybridized carbons (Fsp3) is 0.727. The molecule has 1 rings (SSSR count). The van der Waals surface area contributed by atoms with Crippen LogP contribution in [0.1, 0.15) is 96.1 Å². The third kappa shape index (κ3) is 9.28. The first-order valence-corrected chi connectivity index (χ1v) is 9.80. The first-order valence-electron chi connectivity index (χ1n) is 9.80. The molecule has 0 heteroatoms. The third-order valence-corrected chi connectivity index (χ3v) is 4.55. The molecule has 0 nitrogen and oxygen atoms in total. The molecule has 0 N–H and O–H groups in total. The highest BCUT2D eigenvalue weighted by atomic mass is 14.1. The lowest BCUT2D eigenvalue weighted by atomic mass is 9.94. The molecular formula is C22H38. The maximum atomic E-state index is 2.34. The van der Waals surface area contributed by atoms with Crippen molar-refractivity contribution in [3.05, 3.63) is 35.4 Å². The van der Waals surface area contributed by atoms with E-state index in [0.717, 1.165) is 5.92 Å². The topological polar surface area (TPSA) is 0 Å². The minimum atomic E-state index is 0.758. The number of aryl methyl sites for hydroxylation is 1. The molecular weight excluding hydrogens is 264 g/mol. The number of hydrogen-bond donors (Lipinski definition) is 0. The second-order valence-corrected chi connectivity index (χ2v) is 7.30. The SMILES string of the molecule is CCCCCCCCCCCCc1ccccc1CC(C)C. The summed E-state index contributed by atoms with van der Waals surface area (Å²) in [6, 6.07) is 9.06. The Labute approximate surface area is 139 Å². The van der Waals surface area contributed by atoms with Gasteiger partial charge in [-0.1, -0.05) is 103 Å². The molecule has 0 unspecified atom stereocenters. The van der Waals surface area contributed by atoms with Gasteiger partial charge in [0, 0.05) is 0 Å². The molecule has 1 aromatic carbocycles. The van der Waals surface area contributed by atoms with E-state index in [-0.39, 0.29) is 0 Å². The number of rotatable bonds is 13. The molecule has 0 heterocycles. The Morgan fingerprint density at radius 1 is 0.682 bits per heavy atom. The molecule has 0 amide bonds. The minimum Gasteiger partial charge on any atom is -0.0654 e. The fourth-order valence-corrected chi connectivity index (χ4v) is 3.24. The zero-order chi connectivity index (χ0) is 16.0. The molecule has 0 aliphatic rings. The predicted octanol–water partition coefficient (Wildman–Crippen LogP) is 7.35. The normalized spacial score (nSPS) is 11.3. The first kappa shape index (κ1) is 19.3. The summed E-state index contributed by atoms with van der Waals surface area (Å²) >= 11 is 0. The predicted molar refractivity (Wildman–Crippen MR) is 101 cm³/mol. The van der Waals surface area contributed by atoms with Gasteiger partial charge in [-0.2, -0.15) is 0 Å². The summed E-state index contributed by atoms with van der Waals surface area (Å²) in [5.41, 5.74) is 3.17. The van der Waals surface area contributed by atoms with Gasteiger partial charge in [-0.3, -0.25) is 0 Å². The van der Waals surface area contributed by atoms with Crippen LogP contribution in [0.3, 0.4) is 0 Å². The molecule has 0 aliphatic heterocycles. The van der Waals surface area contributed by atoms with E-state index in [1.54, 1.807) is 11.1 Å². The van der Waals surface area contributed by atoms with Crippen LogP contribution in [0.25, 0.3) is 0 Å². The molecule has 0 fully saturated rings. The second kappa shape index (κ2) is 12.7. The van der Waals surface area contributed by atoms with E-state index in [0.29, 0.717) is 0 Å². The summed E-state index contributed by atoms with van der Waals surface area (Å²) in [7, 11) is 0. The van der Waals surface area contributed by atoms with Crippen molar-refractivity contribution in [3.8, 4) is 0 Å². The molecule has 0 saturated heterocycles. The summed E-state index contributed by atoms with van der Waals surface area (Å²) in [5, 5.41) is 0. The van der Waals surface area contributed by atoms with Crippen LogP contribution in [-0.4, -0.2) is 0 Å². The zero-order valence-corrected chi connectivity index (χ0v) is 15.4. The van der Waals surface area contributed by atoms with Crippen molar-refractivity contribution in [2.75, 3.05) is 0 Å². The van der Waals surface area contributed by atoms with Crippen LogP contribution >= 0.6 is 0 Å². The van der Waals surface area contributed by atoms with Gasteiger partial charge in [0.25, 0.3) is 0 Å². The van der Waals surface area contributed by atoms with Crippen molar-refractivity contribution in [1.29, 1.82) is 0 Å². The van der Waals surface area contributed by atoms with Crippen LogP contribution in [-0.2, 0) is 12.8 Å². The van der Waals surface area contributed by atoms with E-state index < -0.39 is 0 Å². The monoisotopic (exact) mass is 302 g/mol. The quantitative estimate of drug-likeness (QED) is 0.334. The van der Waals surface area contributed by atoms with E-state index in [1.165, 1.54) is 77.0 Å². The van der Waals surface area contributed by atoms with Gasteiger partial charge in [0.2, 0.25) is 0 Å². The molecule has 1 aromatic rings. The number of unbranched alkanes of at least 4 members (excludes halogenated alkanes) is 9. The smallest absolute Gasteiger partial charge is 0.0253 e. The Morgan fingerprint density at radius 3 is 1.73 bits per heavy atom. The van der Waals surface area contributed by atoms with Crippen LogP contribution in [0.2, 0.25) is 0 Å². The first-order chi connectivity index (χ1) is 10.7. The average molecular weight is 303 g/mol. The van der Waals surface area contributed by atoms with Crippen molar-refractivity contribution >= 4 is 0 Å².